The standard InChI is InChI=1S/C15H11ClFN5O2S/c1-19-10-4-7(16)2-3-8(10)12(18)11-5-20-14-13(21-11)9(15(23)24)6-22(14)25-17/h2-6,18-19H,1H3,(H,23,24). The van der Waals surface area contributed by atoms with Crippen LogP contribution in [0.2, 0.25) is 5.02 Å². The third kappa shape index (κ3) is 3.03. The molecule has 7 nitrogen and oxygen atoms in total. The quantitative estimate of drug-likeness (QED) is 0.585. The Balaban J connectivity index is 2.15. The van der Waals surface area contributed by atoms with Crippen LogP contribution < -0.4 is 5.32 Å². The Morgan fingerprint density at radius 3 is 2.84 bits per heavy atom. The summed E-state index contributed by atoms with van der Waals surface area (Å²) in [6.07, 6.45) is 2.41. The van der Waals surface area contributed by atoms with Crippen molar-refractivity contribution in [3.05, 3.63) is 52.4 Å². The van der Waals surface area contributed by atoms with Gasteiger partial charge in [-0.05, 0) is 18.2 Å². The molecule has 10 heteroatoms. The second kappa shape index (κ2) is 6.69. The largest absolute Gasteiger partial charge is 0.478 e. The van der Waals surface area contributed by atoms with E-state index in [0.717, 1.165) is 10.2 Å². The minimum Gasteiger partial charge on any atom is -0.478 e. The van der Waals surface area contributed by atoms with Crippen molar-refractivity contribution >= 4 is 52.5 Å². The highest BCUT2D eigenvalue weighted by molar-refractivity contribution is 7.92. The van der Waals surface area contributed by atoms with Gasteiger partial charge in [0.25, 0.3) is 0 Å². The molecule has 0 aliphatic heterocycles. The topological polar surface area (TPSA) is 104 Å². The van der Waals surface area contributed by atoms with E-state index in [4.69, 9.17) is 17.0 Å². The molecule has 2 heterocycles. The van der Waals surface area contributed by atoms with E-state index < -0.39 is 5.97 Å². The summed E-state index contributed by atoms with van der Waals surface area (Å²) in [5.41, 5.74) is 1.24. The normalized spacial score (nSPS) is 10.8. The summed E-state index contributed by atoms with van der Waals surface area (Å²) < 4.78 is 13.9. The van der Waals surface area contributed by atoms with Gasteiger partial charge < -0.3 is 10.4 Å². The Bertz CT molecular complexity index is 1010. The predicted molar refractivity (Wildman–Crippen MR) is 95.5 cm³/mol. The van der Waals surface area contributed by atoms with E-state index >= 15 is 0 Å². The number of rotatable bonds is 5. The molecule has 1 aromatic carbocycles. The Morgan fingerprint density at radius 1 is 1.44 bits per heavy atom. The lowest BCUT2D eigenvalue weighted by molar-refractivity contribution is 0.0699. The van der Waals surface area contributed by atoms with E-state index in [1.165, 1.54) is 6.20 Å². The molecule has 0 spiro atoms. The predicted octanol–water partition coefficient (Wildman–Crippen LogP) is 3.62. The van der Waals surface area contributed by atoms with Gasteiger partial charge in [0, 0.05) is 29.5 Å². The Hall–Kier alpha value is -2.65. The van der Waals surface area contributed by atoms with Crippen LogP contribution in [0.15, 0.2) is 30.6 Å². The summed E-state index contributed by atoms with van der Waals surface area (Å²) in [4.78, 5) is 19.6. The van der Waals surface area contributed by atoms with Crippen molar-refractivity contribution in [2.45, 2.75) is 0 Å². The van der Waals surface area contributed by atoms with Gasteiger partial charge in [0.1, 0.15) is 16.8 Å². The first-order valence-electron chi connectivity index (χ1n) is 6.93. The smallest absolute Gasteiger partial charge is 0.339 e. The number of nitrogens with zero attached hydrogens (tertiary/aromatic N) is 3. The molecule has 3 aromatic rings. The highest BCUT2D eigenvalue weighted by Gasteiger charge is 2.20. The van der Waals surface area contributed by atoms with Crippen LogP contribution in [-0.2, 0) is 0 Å². The van der Waals surface area contributed by atoms with Crippen molar-refractivity contribution in [1.82, 2.24) is 13.9 Å². The van der Waals surface area contributed by atoms with E-state index in [1.807, 2.05) is 0 Å². The van der Waals surface area contributed by atoms with Crippen LogP contribution >= 0.6 is 23.9 Å². The Labute approximate surface area is 150 Å². The Kier molecular flexibility index (Phi) is 4.60. The second-order valence-corrected chi connectivity index (χ2v) is 5.95. The van der Waals surface area contributed by atoms with E-state index in [1.54, 1.807) is 25.2 Å². The summed E-state index contributed by atoms with van der Waals surface area (Å²) in [6.45, 7) is 0. The number of hydrogen-bond acceptors (Lipinski definition) is 6. The van der Waals surface area contributed by atoms with Gasteiger partial charge in [0.05, 0.1) is 11.9 Å². The maximum atomic E-state index is 12.9. The average Bonchev–Trinajstić information content (AvgIpc) is 2.99. The summed E-state index contributed by atoms with van der Waals surface area (Å²) in [5, 5.41) is 21.1. The number of nitrogens with one attached hydrogen (secondary N) is 2. The van der Waals surface area contributed by atoms with Crippen LogP contribution in [0.3, 0.4) is 0 Å². The van der Waals surface area contributed by atoms with E-state index in [2.05, 4.69) is 15.3 Å². The number of hydrogen-bond donors (Lipinski definition) is 3. The monoisotopic (exact) mass is 379 g/mol. The maximum Gasteiger partial charge on any atom is 0.339 e. The zero-order chi connectivity index (χ0) is 18.1. The number of fused-ring (bicyclic) bond motifs is 1. The van der Waals surface area contributed by atoms with Crippen molar-refractivity contribution < 1.29 is 13.8 Å². The first-order chi connectivity index (χ1) is 12.0. The number of carbonyl (C=O) groups is 1. The van der Waals surface area contributed by atoms with Crippen molar-refractivity contribution in [1.29, 1.82) is 5.41 Å². The molecule has 25 heavy (non-hydrogen) atoms. The van der Waals surface area contributed by atoms with Crippen LogP contribution in [0.25, 0.3) is 11.2 Å². The molecule has 3 rings (SSSR count). The van der Waals surface area contributed by atoms with Crippen molar-refractivity contribution in [3.63, 3.8) is 0 Å². The molecule has 0 aliphatic carbocycles. The second-order valence-electron chi connectivity index (χ2n) is 4.99. The summed E-state index contributed by atoms with van der Waals surface area (Å²) >= 11 is 5.78. The van der Waals surface area contributed by atoms with Gasteiger partial charge in [-0.1, -0.05) is 11.6 Å². The molecule has 0 bridgehead atoms. The molecule has 0 amide bonds. The summed E-state index contributed by atoms with van der Waals surface area (Å²) in [5.74, 6) is -1.25. The van der Waals surface area contributed by atoms with Gasteiger partial charge in [-0.2, -0.15) is 0 Å². The lowest BCUT2D eigenvalue weighted by atomic mass is 10.1. The molecule has 0 unspecified atom stereocenters. The van der Waals surface area contributed by atoms with Crippen LogP contribution in [-0.4, -0.2) is 37.8 Å². The maximum absolute atomic E-state index is 12.9. The number of benzene rings is 1. The fourth-order valence-electron chi connectivity index (χ4n) is 2.37. The van der Waals surface area contributed by atoms with Crippen molar-refractivity contribution in [2.24, 2.45) is 0 Å². The Morgan fingerprint density at radius 2 is 2.20 bits per heavy atom. The first kappa shape index (κ1) is 17.2. The third-order valence-electron chi connectivity index (χ3n) is 3.54. The number of halogens is 2. The van der Waals surface area contributed by atoms with Gasteiger partial charge >= 0.3 is 5.97 Å². The van der Waals surface area contributed by atoms with E-state index in [0.29, 0.717) is 16.3 Å². The number of aromatic carboxylic acids is 1. The molecule has 0 aliphatic rings. The summed E-state index contributed by atoms with van der Waals surface area (Å²) in [6, 6.07) is 4.95. The molecular weight excluding hydrogens is 369 g/mol. The van der Waals surface area contributed by atoms with Gasteiger partial charge in [0.2, 0.25) is 0 Å². The molecular formula is C15H11ClFN5O2S. The van der Waals surface area contributed by atoms with Gasteiger partial charge in [-0.3, -0.25) is 5.41 Å². The van der Waals surface area contributed by atoms with Crippen LogP contribution in [0.1, 0.15) is 21.6 Å². The molecule has 0 saturated heterocycles. The highest BCUT2D eigenvalue weighted by atomic mass is 35.5. The fraction of sp³-hybridized carbons (Fsp3) is 0.0667. The molecule has 128 valence electrons. The molecule has 0 fully saturated rings. The van der Waals surface area contributed by atoms with Crippen LogP contribution in [0.4, 0.5) is 9.57 Å². The molecule has 2 aromatic heterocycles. The van der Waals surface area contributed by atoms with Gasteiger partial charge in [-0.15, -0.1) is 3.89 Å². The first-order valence-corrected chi connectivity index (χ1v) is 7.98. The lowest BCUT2D eigenvalue weighted by Gasteiger charge is -2.10. The van der Waals surface area contributed by atoms with E-state index in [-0.39, 0.29) is 40.5 Å². The fourth-order valence-corrected chi connectivity index (χ4v) is 2.89. The minimum absolute atomic E-state index is 0.0138. The van der Waals surface area contributed by atoms with Gasteiger partial charge in [-0.25, -0.2) is 18.7 Å². The number of carboxylic acids is 1. The SMILES string of the molecule is CNc1cc(Cl)ccc1C(=N)c1cnc2c(n1)c(C(=O)O)cn2SF. The molecule has 0 saturated carbocycles. The lowest BCUT2D eigenvalue weighted by Crippen LogP contribution is -2.09. The number of aromatic nitrogens is 3. The van der Waals surface area contributed by atoms with Crippen LogP contribution in [0.5, 0.6) is 0 Å². The molecule has 0 radical (unpaired) electrons. The number of carboxylic acid groups (broad SMARTS) is 1. The summed E-state index contributed by atoms with van der Waals surface area (Å²) in [7, 11) is 1.69. The molecule has 0 atom stereocenters. The zero-order valence-corrected chi connectivity index (χ0v) is 14.3. The number of anilines is 1. The van der Waals surface area contributed by atoms with E-state index in [9.17, 15) is 13.8 Å². The highest BCUT2D eigenvalue weighted by Crippen LogP contribution is 2.26. The zero-order valence-electron chi connectivity index (χ0n) is 12.7. The van der Waals surface area contributed by atoms with Crippen LogP contribution in [0, 0.1) is 5.41 Å². The third-order valence-corrected chi connectivity index (χ3v) is 4.21. The molecule has 3 N–H and O–H groups in total. The average molecular weight is 380 g/mol. The van der Waals surface area contributed by atoms with Gasteiger partial charge in [0.15, 0.2) is 18.0 Å². The van der Waals surface area contributed by atoms with Crippen molar-refractivity contribution in [2.75, 3.05) is 12.4 Å². The van der Waals surface area contributed by atoms with Crippen molar-refractivity contribution in [3.8, 4) is 0 Å². The minimum atomic E-state index is -1.25.